The minimum atomic E-state index is -0.325. The Morgan fingerprint density at radius 2 is 1.80 bits per heavy atom. The van der Waals surface area contributed by atoms with E-state index in [9.17, 15) is 9.18 Å². The van der Waals surface area contributed by atoms with Crippen molar-refractivity contribution in [1.29, 1.82) is 0 Å². The monoisotopic (exact) mass is 228 g/mol. The lowest BCUT2D eigenvalue weighted by molar-refractivity contribution is 0.0982. The van der Waals surface area contributed by atoms with Crippen molar-refractivity contribution < 1.29 is 9.18 Å². The highest BCUT2D eigenvalue weighted by atomic mass is 35.5. The molecule has 0 spiro atoms. The Morgan fingerprint density at radius 3 is 2.27 bits per heavy atom. The Labute approximate surface area is 94.6 Å². The third-order valence-electron chi connectivity index (χ3n) is 1.70. The summed E-state index contributed by atoms with van der Waals surface area (Å²) >= 11 is 5.45. The number of Topliss-reactive ketones (excluding diaryl/α,β-unsaturated/α-hetero) is 1. The van der Waals surface area contributed by atoms with Crippen LogP contribution < -0.4 is 0 Å². The van der Waals surface area contributed by atoms with E-state index < -0.39 is 0 Å². The first kappa shape index (κ1) is 13.8. The molecule has 82 valence electrons. The number of alkyl halides is 1. The van der Waals surface area contributed by atoms with Gasteiger partial charge in [0, 0.05) is 17.9 Å². The van der Waals surface area contributed by atoms with Gasteiger partial charge in [-0.3, -0.25) is 4.79 Å². The molecule has 0 saturated carbocycles. The maximum Gasteiger partial charge on any atom is 0.162 e. The molecule has 0 atom stereocenters. The van der Waals surface area contributed by atoms with Crippen LogP contribution in [0.25, 0.3) is 0 Å². The molecule has 0 bridgehead atoms. The summed E-state index contributed by atoms with van der Waals surface area (Å²) < 4.78 is 12.5. The normalized spacial score (nSPS) is 8.93. The van der Waals surface area contributed by atoms with Gasteiger partial charge in [0.15, 0.2) is 5.78 Å². The zero-order chi connectivity index (χ0) is 11.7. The molecule has 0 radical (unpaired) electrons. The van der Waals surface area contributed by atoms with E-state index in [0.717, 1.165) is 0 Å². The second kappa shape index (κ2) is 8.18. The Balaban J connectivity index is 0.000000921. The fraction of sp³-hybridized carbons (Fsp3) is 0.250. The van der Waals surface area contributed by atoms with E-state index in [-0.39, 0.29) is 11.6 Å². The molecule has 1 nitrogen and oxygen atoms in total. The van der Waals surface area contributed by atoms with Crippen LogP contribution in [0.1, 0.15) is 23.2 Å². The van der Waals surface area contributed by atoms with Crippen LogP contribution in [0.3, 0.4) is 0 Å². The molecule has 0 fully saturated rings. The van der Waals surface area contributed by atoms with E-state index in [1.807, 2.05) is 0 Å². The first-order valence-corrected chi connectivity index (χ1v) is 5.12. The molecule has 0 aliphatic heterocycles. The molecule has 0 aromatic heterocycles. The number of halogens is 2. The van der Waals surface area contributed by atoms with Crippen molar-refractivity contribution in [2.45, 2.75) is 12.8 Å². The lowest BCUT2D eigenvalue weighted by Crippen LogP contribution is -1.98. The fourth-order valence-electron chi connectivity index (χ4n) is 1.01. The predicted octanol–water partition coefficient (Wildman–Crippen LogP) is 3.83. The topological polar surface area (TPSA) is 17.1 Å². The third-order valence-corrected chi connectivity index (χ3v) is 1.97. The lowest BCUT2D eigenvalue weighted by Gasteiger charge is -1.98. The molecule has 0 saturated heterocycles. The molecule has 0 aliphatic rings. The van der Waals surface area contributed by atoms with Gasteiger partial charge in [-0.15, -0.1) is 24.8 Å². The Morgan fingerprint density at radius 1 is 1.27 bits per heavy atom. The summed E-state index contributed by atoms with van der Waals surface area (Å²) in [5.41, 5.74) is 0.548. The molecular formula is C12H14ClFO. The van der Waals surface area contributed by atoms with Crippen LogP contribution in [0.4, 0.5) is 4.39 Å². The van der Waals surface area contributed by atoms with Crippen molar-refractivity contribution in [2.24, 2.45) is 0 Å². The smallest absolute Gasteiger partial charge is 0.162 e. The second-order valence-electron chi connectivity index (χ2n) is 2.72. The molecule has 1 aromatic carbocycles. The maximum absolute atomic E-state index is 12.5. The van der Waals surface area contributed by atoms with Crippen molar-refractivity contribution in [1.82, 2.24) is 0 Å². The molecular weight excluding hydrogens is 215 g/mol. The van der Waals surface area contributed by atoms with Crippen molar-refractivity contribution in [3.63, 3.8) is 0 Å². The molecule has 0 N–H and O–H groups in total. The molecule has 0 unspecified atom stereocenters. The number of hydrogen-bond acceptors (Lipinski definition) is 1. The van der Waals surface area contributed by atoms with E-state index >= 15 is 0 Å². The quantitative estimate of drug-likeness (QED) is 0.435. The molecule has 0 aliphatic carbocycles. The Bertz CT molecular complexity index is 295. The summed E-state index contributed by atoms with van der Waals surface area (Å²) in [6, 6.07) is 5.56. The van der Waals surface area contributed by atoms with E-state index in [0.29, 0.717) is 24.3 Å². The van der Waals surface area contributed by atoms with Crippen LogP contribution in [0.2, 0.25) is 0 Å². The van der Waals surface area contributed by atoms with Gasteiger partial charge in [0.25, 0.3) is 0 Å². The summed E-state index contributed by atoms with van der Waals surface area (Å²) in [6.45, 7) is 6.00. The maximum atomic E-state index is 12.5. The van der Waals surface area contributed by atoms with Crippen molar-refractivity contribution in [3.05, 3.63) is 48.8 Å². The molecule has 3 heteroatoms. The van der Waals surface area contributed by atoms with Gasteiger partial charge in [-0.1, -0.05) is 0 Å². The van der Waals surface area contributed by atoms with Crippen LogP contribution in [-0.4, -0.2) is 11.7 Å². The number of rotatable bonds is 4. The minimum Gasteiger partial charge on any atom is -0.294 e. The van der Waals surface area contributed by atoms with E-state index in [2.05, 4.69) is 13.2 Å². The highest BCUT2D eigenvalue weighted by molar-refractivity contribution is 6.18. The van der Waals surface area contributed by atoms with E-state index in [1.54, 1.807) is 0 Å². The lowest BCUT2D eigenvalue weighted by atomic mass is 10.1. The fourth-order valence-corrected chi connectivity index (χ4v) is 1.14. The second-order valence-corrected chi connectivity index (χ2v) is 3.10. The van der Waals surface area contributed by atoms with Gasteiger partial charge in [0.2, 0.25) is 0 Å². The van der Waals surface area contributed by atoms with Gasteiger partial charge in [-0.05, 0) is 30.7 Å². The van der Waals surface area contributed by atoms with Crippen LogP contribution in [0, 0.1) is 5.82 Å². The summed E-state index contributed by atoms with van der Waals surface area (Å²) in [7, 11) is 0. The SMILES string of the molecule is C=C.O=C(CCCCl)c1ccc(F)cc1. The van der Waals surface area contributed by atoms with Gasteiger partial charge >= 0.3 is 0 Å². The first-order chi connectivity index (χ1) is 7.24. The largest absolute Gasteiger partial charge is 0.294 e. The van der Waals surface area contributed by atoms with Crippen molar-refractivity contribution in [2.75, 3.05) is 5.88 Å². The predicted molar refractivity (Wildman–Crippen MR) is 61.9 cm³/mol. The standard InChI is InChI=1S/C10H10ClFO.C2H4/c11-7-1-2-10(13)8-3-5-9(12)6-4-8;1-2/h3-6H,1-2,7H2;1-2H2. The molecule has 1 rings (SSSR count). The number of ketones is 1. The highest BCUT2D eigenvalue weighted by Gasteiger charge is 2.04. The average Bonchev–Trinajstić information content (AvgIpc) is 2.29. The number of carbonyl (C=O) groups excluding carboxylic acids is 1. The molecule has 1 aromatic rings. The van der Waals surface area contributed by atoms with Gasteiger partial charge in [0.05, 0.1) is 0 Å². The van der Waals surface area contributed by atoms with Crippen LogP contribution >= 0.6 is 11.6 Å². The van der Waals surface area contributed by atoms with E-state index in [4.69, 9.17) is 11.6 Å². The van der Waals surface area contributed by atoms with Crippen molar-refractivity contribution in [3.8, 4) is 0 Å². The van der Waals surface area contributed by atoms with Crippen LogP contribution in [0.15, 0.2) is 37.4 Å². The van der Waals surface area contributed by atoms with Crippen LogP contribution in [0.5, 0.6) is 0 Å². The summed E-state index contributed by atoms with van der Waals surface area (Å²) in [5.74, 6) is 0.168. The van der Waals surface area contributed by atoms with Gasteiger partial charge in [-0.25, -0.2) is 4.39 Å². The molecule has 15 heavy (non-hydrogen) atoms. The molecule has 0 amide bonds. The molecule has 0 heterocycles. The minimum absolute atomic E-state index is 0.0145. The number of benzene rings is 1. The van der Waals surface area contributed by atoms with Gasteiger partial charge < -0.3 is 0 Å². The average molecular weight is 229 g/mol. The van der Waals surface area contributed by atoms with Gasteiger partial charge in [0.1, 0.15) is 5.82 Å². The summed E-state index contributed by atoms with van der Waals surface area (Å²) in [6.07, 6.45) is 1.09. The third kappa shape index (κ3) is 5.33. The number of hydrogen-bond donors (Lipinski definition) is 0. The Hall–Kier alpha value is -1.15. The number of carbonyl (C=O) groups is 1. The zero-order valence-electron chi connectivity index (χ0n) is 8.51. The Kier molecular flexibility index (Phi) is 7.56. The summed E-state index contributed by atoms with van der Waals surface area (Å²) in [4.78, 5) is 11.3. The highest BCUT2D eigenvalue weighted by Crippen LogP contribution is 2.07. The van der Waals surface area contributed by atoms with Crippen molar-refractivity contribution >= 4 is 17.4 Å². The summed E-state index contributed by atoms with van der Waals surface area (Å²) in [5, 5.41) is 0. The zero-order valence-corrected chi connectivity index (χ0v) is 9.27. The van der Waals surface area contributed by atoms with E-state index in [1.165, 1.54) is 24.3 Å². The van der Waals surface area contributed by atoms with Gasteiger partial charge in [-0.2, -0.15) is 0 Å². The van der Waals surface area contributed by atoms with Crippen LogP contribution in [-0.2, 0) is 0 Å². The first-order valence-electron chi connectivity index (χ1n) is 4.59.